The molecule has 0 spiro atoms. The number of benzene rings is 3. The fourth-order valence-corrected chi connectivity index (χ4v) is 2.94. The maximum atomic E-state index is 12.3. The highest BCUT2D eigenvalue weighted by Crippen LogP contribution is 2.28. The van der Waals surface area contributed by atoms with Crippen LogP contribution in [0.15, 0.2) is 66.7 Å². The van der Waals surface area contributed by atoms with Gasteiger partial charge in [-0.3, -0.25) is 4.79 Å². The van der Waals surface area contributed by atoms with Crippen LogP contribution in [-0.4, -0.2) is 45.9 Å². The lowest BCUT2D eigenvalue weighted by Gasteiger charge is -2.12. The van der Waals surface area contributed by atoms with E-state index in [1.54, 1.807) is 43.5 Å². The summed E-state index contributed by atoms with van der Waals surface area (Å²) in [6.45, 7) is 2.09. The van der Waals surface area contributed by atoms with Crippen molar-refractivity contribution >= 4 is 17.6 Å². The van der Waals surface area contributed by atoms with Gasteiger partial charge >= 0.3 is 5.97 Å². The van der Waals surface area contributed by atoms with Crippen molar-refractivity contribution in [2.45, 2.75) is 6.92 Å². The summed E-state index contributed by atoms with van der Waals surface area (Å²) in [6.07, 6.45) is 0. The lowest BCUT2D eigenvalue weighted by Crippen LogP contribution is -2.20. The molecule has 3 aromatic rings. The van der Waals surface area contributed by atoms with E-state index in [0.717, 1.165) is 5.56 Å². The summed E-state index contributed by atoms with van der Waals surface area (Å²) in [5.41, 5.74) is 2.05. The first-order chi connectivity index (χ1) is 16.5. The molecule has 0 aliphatic heterocycles. The zero-order valence-electron chi connectivity index (χ0n) is 19.3. The van der Waals surface area contributed by atoms with Crippen molar-refractivity contribution in [3.05, 3.63) is 77.9 Å². The zero-order valence-corrected chi connectivity index (χ0v) is 19.3. The minimum Gasteiger partial charge on any atom is -0.497 e. The second kappa shape index (κ2) is 12.2. The largest absolute Gasteiger partial charge is 0.497 e. The van der Waals surface area contributed by atoms with Crippen molar-refractivity contribution in [3.8, 4) is 23.0 Å². The van der Waals surface area contributed by atoms with Crippen LogP contribution in [0.1, 0.15) is 15.9 Å². The molecule has 34 heavy (non-hydrogen) atoms. The fourth-order valence-electron chi connectivity index (χ4n) is 2.94. The molecule has 0 bridgehead atoms. The van der Waals surface area contributed by atoms with Crippen LogP contribution in [0, 0.1) is 6.92 Å². The monoisotopic (exact) mass is 465 g/mol. The van der Waals surface area contributed by atoms with Gasteiger partial charge in [-0.15, -0.1) is 0 Å². The second-order valence-electron chi connectivity index (χ2n) is 7.23. The van der Waals surface area contributed by atoms with Crippen LogP contribution >= 0.6 is 0 Å². The number of aryl methyl sites for hydroxylation is 1. The number of hydrogen-bond donors (Lipinski definition) is 1. The molecular formula is C26H27NO7. The van der Waals surface area contributed by atoms with Gasteiger partial charge in [-0.1, -0.05) is 17.7 Å². The number of amides is 1. The third-order valence-electron chi connectivity index (χ3n) is 4.74. The molecule has 0 radical (unpaired) electrons. The van der Waals surface area contributed by atoms with Gasteiger partial charge in [0.1, 0.15) is 24.7 Å². The average Bonchev–Trinajstić information content (AvgIpc) is 2.86. The lowest BCUT2D eigenvalue weighted by atomic mass is 10.2. The van der Waals surface area contributed by atoms with Crippen LogP contribution in [0.5, 0.6) is 23.0 Å². The fraction of sp³-hybridized carbons (Fsp3) is 0.231. The van der Waals surface area contributed by atoms with E-state index in [4.69, 9.17) is 23.7 Å². The SMILES string of the molecule is COc1ccc(NC(=O)COc2ccc(C(=O)OCCOc3ccc(C)cc3)cc2OC)cc1. The highest BCUT2D eigenvalue weighted by atomic mass is 16.6. The first-order valence-electron chi connectivity index (χ1n) is 10.6. The van der Waals surface area contributed by atoms with E-state index in [9.17, 15) is 9.59 Å². The molecule has 0 aliphatic rings. The van der Waals surface area contributed by atoms with Crippen LogP contribution in [0.3, 0.4) is 0 Å². The molecule has 1 amide bonds. The normalized spacial score (nSPS) is 10.2. The minimum atomic E-state index is -0.519. The smallest absolute Gasteiger partial charge is 0.338 e. The minimum absolute atomic E-state index is 0.0960. The van der Waals surface area contributed by atoms with E-state index in [-0.39, 0.29) is 25.7 Å². The lowest BCUT2D eigenvalue weighted by molar-refractivity contribution is -0.118. The summed E-state index contributed by atoms with van der Waals surface area (Å²) in [7, 11) is 3.02. The van der Waals surface area contributed by atoms with Gasteiger partial charge in [-0.05, 0) is 61.5 Å². The predicted molar refractivity (Wildman–Crippen MR) is 127 cm³/mol. The van der Waals surface area contributed by atoms with Gasteiger partial charge in [0.25, 0.3) is 5.91 Å². The highest BCUT2D eigenvalue weighted by Gasteiger charge is 2.14. The molecule has 8 nitrogen and oxygen atoms in total. The Morgan fingerprint density at radius 2 is 1.47 bits per heavy atom. The quantitative estimate of drug-likeness (QED) is 0.334. The molecule has 178 valence electrons. The summed E-state index contributed by atoms with van der Waals surface area (Å²) < 4.78 is 26.8. The Bertz CT molecular complexity index is 1100. The molecule has 3 rings (SSSR count). The Hall–Kier alpha value is -4.20. The molecule has 1 N–H and O–H groups in total. The number of methoxy groups -OCH3 is 2. The van der Waals surface area contributed by atoms with Crippen molar-refractivity contribution in [2.75, 3.05) is 39.4 Å². The van der Waals surface area contributed by atoms with E-state index in [0.29, 0.717) is 34.2 Å². The Balaban J connectivity index is 1.48. The number of anilines is 1. The van der Waals surface area contributed by atoms with E-state index in [1.165, 1.54) is 13.2 Å². The van der Waals surface area contributed by atoms with Crippen molar-refractivity contribution < 1.29 is 33.3 Å². The number of rotatable bonds is 11. The van der Waals surface area contributed by atoms with Crippen molar-refractivity contribution in [1.82, 2.24) is 0 Å². The second-order valence-corrected chi connectivity index (χ2v) is 7.23. The summed E-state index contributed by atoms with van der Waals surface area (Å²) in [6, 6.07) is 19.1. The molecule has 3 aromatic carbocycles. The molecule has 0 aliphatic carbocycles. The van der Waals surface area contributed by atoms with Gasteiger partial charge in [-0.2, -0.15) is 0 Å². The van der Waals surface area contributed by atoms with Crippen molar-refractivity contribution in [2.24, 2.45) is 0 Å². The maximum Gasteiger partial charge on any atom is 0.338 e. The Kier molecular flexibility index (Phi) is 8.73. The molecule has 0 atom stereocenters. The summed E-state index contributed by atoms with van der Waals surface area (Å²) in [5.74, 6) is 1.17. The van der Waals surface area contributed by atoms with Crippen LogP contribution in [0.4, 0.5) is 5.69 Å². The third-order valence-corrected chi connectivity index (χ3v) is 4.74. The van der Waals surface area contributed by atoms with E-state index in [2.05, 4.69) is 5.32 Å². The predicted octanol–water partition coefficient (Wildman–Crippen LogP) is 4.27. The Morgan fingerprint density at radius 3 is 2.15 bits per heavy atom. The summed E-state index contributed by atoms with van der Waals surface area (Å²) in [5, 5.41) is 2.73. The van der Waals surface area contributed by atoms with E-state index in [1.807, 2.05) is 31.2 Å². The van der Waals surface area contributed by atoms with Gasteiger partial charge in [0.15, 0.2) is 18.1 Å². The van der Waals surface area contributed by atoms with Crippen molar-refractivity contribution in [1.29, 1.82) is 0 Å². The van der Waals surface area contributed by atoms with E-state index >= 15 is 0 Å². The zero-order chi connectivity index (χ0) is 24.3. The van der Waals surface area contributed by atoms with Crippen molar-refractivity contribution in [3.63, 3.8) is 0 Å². The number of carbonyl (C=O) groups excluding carboxylic acids is 2. The third kappa shape index (κ3) is 7.16. The summed E-state index contributed by atoms with van der Waals surface area (Å²) in [4.78, 5) is 24.5. The molecule has 0 fully saturated rings. The van der Waals surface area contributed by atoms with Crippen LogP contribution in [-0.2, 0) is 9.53 Å². The van der Waals surface area contributed by atoms with E-state index < -0.39 is 5.97 Å². The standard InChI is InChI=1S/C26H27NO7/c1-18-4-9-22(10-5-18)32-14-15-33-26(29)19-6-13-23(24(16-19)31-3)34-17-25(28)27-20-7-11-21(30-2)12-8-20/h4-13,16H,14-15,17H2,1-3H3,(H,27,28). The molecule has 0 aromatic heterocycles. The van der Waals surface area contributed by atoms with Crippen LogP contribution in [0.2, 0.25) is 0 Å². The first kappa shape index (κ1) is 24.4. The number of nitrogens with one attached hydrogen (secondary N) is 1. The molecular weight excluding hydrogens is 438 g/mol. The average molecular weight is 466 g/mol. The molecule has 0 saturated carbocycles. The Morgan fingerprint density at radius 1 is 0.765 bits per heavy atom. The van der Waals surface area contributed by atoms with Gasteiger partial charge in [0.05, 0.1) is 19.8 Å². The molecule has 0 heterocycles. The van der Waals surface area contributed by atoms with Crippen LogP contribution < -0.4 is 24.3 Å². The molecule has 0 unspecified atom stereocenters. The summed E-state index contributed by atoms with van der Waals surface area (Å²) >= 11 is 0. The molecule has 8 heteroatoms. The number of ether oxygens (including phenoxy) is 5. The first-order valence-corrected chi connectivity index (χ1v) is 10.6. The Labute approximate surface area is 198 Å². The highest BCUT2D eigenvalue weighted by molar-refractivity contribution is 5.92. The topological polar surface area (TPSA) is 92.3 Å². The molecule has 0 saturated heterocycles. The van der Waals surface area contributed by atoms with Gasteiger partial charge in [-0.25, -0.2) is 4.79 Å². The van der Waals surface area contributed by atoms with Crippen LogP contribution in [0.25, 0.3) is 0 Å². The number of carbonyl (C=O) groups is 2. The number of hydrogen-bond acceptors (Lipinski definition) is 7. The maximum absolute atomic E-state index is 12.3. The van der Waals surface area contributed by atoms with Gasteiger partial charge < -0.3 is 29.0 Å². The van der Waals surface area contributed by atoms with Gasteiger partial charge in [0, 0.05) is 5.69 Å². The number of esters is 1. The van der Waals surface area contributed by atoms with Gasteiger partial charge in [0.2, 0.25) is 0 Å².